The molecule has 8 rings (SSSR count). The minimum Gasteiger partial charge on any atom is -0.478 e. The van der Waals surface area contributed by atoms with Crippen molar-refractivity contribution in [3.63, 3.8) is 0 Å². The molecule has 8 aromatic rings. The van der Waals surface area contributed by atoms with E-state index in [2.05, 4.69) is 10.2 Å². The van der Waals surface area contributed by atoms with Crippen LogP contribution in [-0.2, 0) is 4.74 Å². The van der Waals surface area contributed by atoms with Gasteiger partial charge in [-0.2, -0.15) is 10.2 Å². The fourth-order valence-electron chi connectivity index (χ4n) is 6.96. The molecule has 0 radical (unpaired) electrons. The van der Waals surface area contributed by atoms with E-state index in [9.17, 15) is 33.9 Å². The van der Waals surface area contributed by atoms with E-state index in [-0.39, 0.29) is 39.6 Å². The molecule has 18 heteroatoms. The third-order valence-corrected chi connectivity index (χ3v) is 11.3. The molecule has 5 N–H and O–H groups in total. The van der Waals surface area contributed by atoms with Crippen molar-refractivity contribution >= 4 is 81.2 Å². The van der Waals surface area contributed by atoms with E-state index < -0.39 is 23.8 Å². The van der Waals surface area contributed by atoms with Gasteiger partial charge in [-0.05, 0) is 102 Å². The number of nitrogens with two attached hydrogens (primary N) is 2. The van der Waals surface area contributed by atoms with Gasteiger partial charge in [0.2, 0.25) is 11.8 Å². The SMILES string of the molecule is CCCOC(=O)c1cc(N(C)C(=O)c2ccn3ncc(-c4ccc(C(N)=O)cc4)c3c2)ccc1Cl.CN(C(=O)c1ccn2ncc(-c3ccc(C(N)=O)cc3)c2c1)c1ccc(Cl)c(C(=O)O)c1. The van der Waals surface area contributed by atoms with Gasteiger partial charge in [-0.15, -0.1) is 0 Å². The van der Waals surface area contributed by atoms with Crippen molar-refractivity contribution < 1.29 is 38.6 Å². The molecular weight excluding hydrogens is 899 g/mol. The monoisotopic (exact) mass is 938 g/mol. The molecule has 0 atom stereocenters. The predicted molar refractivity (Wildman–Crippen MR) is 254 cm³/mol. The Kier molecular flexibility index (Phi) is 13.8. The maximum absolute atomic E-state index is 13.3. The topological polar surface area (TPSA) is 225 Å². The standard InChI is InChI=1S/C26H23ClN4O4.C23H17ClN4O4/c1-3-12-35-26(34)20-14-19(8-9-22(20)27)30(2)25(33)18-10-11-31-23(13-18)21(15-29-31)16-4-6-17(7-5-16)24(28)32;1-27(16-6-7-19(24)17(11-16)23(31)32)22(30)15-8-9-28-20(10-15)18(12-26-28)13-2-4-14(5-3-13)21(25)29/h4-11,13-15H,3,12H2,1-2H3,(H2,28,32);2-12H,1H3,(H2,25,29)(H,31,32). The number of hydrogen-bond donors (Lipinski definition) is 3. The normalized spacial score (nSPS) is 10.8. The van der Waals surface area contributed by atoms with Crippen molar-refractivity contribution in [3.05, 3.63) is 177 Å². The van der Waals surface area contributed by atoms with Crippen LogP contribution in [0.25, 0.3) is 33.3 Å². The molecule has 0 aliphatic heterocycles. The van der Waals surface area contributed by atoms with E-state index in [4.69, 9.17) is 39.4 Å². The van der Waals surface area contributed by atoms with Crippen LogP contribution < -0.4 is 21.3 Å². The molecule has 4 heterocycles. The van der Waals surface area contributed by atoms with E-state index in [1.54, 1.807) is 145 Å². The first kappa shape index (κ1) is 46.6. The molecule has 0 bridgehead atoms. The average molecular weight is 940 g/mol. The average Bonchev–Trinajstić information content (AvgIpc) is 3.97. The number of ether oxygens (including phenoxy) is 1. The van der Waals surface area contributed by atoms with Gasteiger partial charge in [-0.3, -0.25) is 19.2 Å². The summed E-state index contributed by atoms with van der Waals surface area (Å²) < 4.78 is 8.49. The lowest BCUT2D eigenvalue weighted by atomic mass is 10.0. The second-order valence-electron chi connectivity index (χ2n) is 15.0. The number of rotatable bonds is 12. The highest BCUT2D eigenvalue weighted by molar-refractivity contribution is 6.34. The maximum atomic E-state index is 13.3. The summed E-state index contributed by atoms with van der Waals surface area (Å²) in [5.74, 6) is -3.34. The molecule has 0 fully saturated rings. The fourth-order valence-corrected chi connectivity index (χ4v) is 7.35. The summed E-state index contributed by atoms with van der Waals surface area (Å²) >= 11 is 12.1. The third kappa shape index (κ3) is 10.00. The van der Waals surface area contributed by atoms with Crippen LogP contribution in [0, 0.1) is 0 Å². The Labute approximate surface area is 392 Å². The lowest BCUT2D eigenvalue weighted by Crippen LogP contribution is -2.26. The number of carbonyl (C=O) groups is 6. The van der Waals surface area contributed by atoms with Gasteiger partial charge in [-0.1, -0.05) is 54.4 Å². The molecule has 4 amide bonds. The second-order valence-corrected chi connectivity index (χ2v) is 15.8. The maximum Gasteiger partial charge on any atom is 0.339 e. The number of halogens is 2. The molecule has 16 nitrogen and oxygen atoms in total. The molecule has 0 saturated carbocycles. The molecule has 4 aromatic heterocycles. The van der Waals surface area contributed by atoms with Crippen molar-refractivity contribution in [1.82, 2.24) is 19.2 Å². The van der Waals surface area contributed by atoms with Crippen molar-refractivity contribution in [2.75, 3.05) is 30.5 Å². The number of anilines is 2. The van der Waals surface area contributed by atoms with Crippen LogP contribution in [0.2, 0.25) is 10.0 Å². The van der Waals surface area contributed by atoms with Crippen molar-refractivity contribution in [2.45, 2.75) is 13.3 Å². The summed E-state index contributed by atoms with van der Waals surface area (Å²) in [6.07, 6.45) is 7.43. The Morgan fingerprint density at radius 3 is 1.42 bits per heavy atom. The van der Waals surface area contributed by atoms with Gasteiger partial charge in [0.25, 0.3) is 11.8 Å². The number of primary amides is 2. The van der Waals surface area contributed by atoms with E-state index in [0.29, 0.717) is 45.6 Å². The van der Waals surface area contributed by atoms with Crippen LogP contribution in [0.1, 0.15) is 75.5 Å². The first-order chi connectivity index (χ1) is 32.1. The summed E-state index contributed by atoms with van der Waals surface area (Å²) in [4.78, 5) is 75.6. The largest absolute Gasteiger partial charge is 0.478 e. The molecule has 67 heavy (non-hydrogen) atoms. The highest BCUT2D eigenvalue weighted by atomic mass is 35.5. The van der Waals surface area contributed by atoms with Crippen LogP contribution >= 0.6 is 23.2 Å². The predicted octanol–water partition coefficient (Wildman–Crippen LogP) is 8.33. The summed E-state index contributed by atoms with van der Waals surface area (Å²) in [7, 11) is 3.18. The van der Waals surface area contributed by atoms with Crippen LogP contribution in [0.4, 0.5) is 11.4 Å². The number of nitrogens with zero attached hydrogens (tertiary/aromatic N) is 6. The van der Waals surface area contributed by atoms with Crippen molar-refractivity contribution in [2.24, 2.45) is 11.5 Å². The smallest absolute Gasteiger partial charge is 0.339 e. The number of hydrogen-bond acceptors (Lipinski definition) is 9. The van der Waals surface area contributed by atoms with Gasteiger partial charge in [0.15, 0.2) is 0 Å². The number of carbonyl (C=O) groups excluding carboxylic acids is 5. The number of benzene rings is 4. The molecule has 4 aromatic carbocycles. The number of aromatic carboxylic acids is 1. The van der Waals surface area contributed by atoms with Crippen molar-refractivity contribution in [3.8, 4) is 22.3 Å². The summed E-state index contributed by atoms with van der Waals surface area (Å²) in [5.41, 5.74) is 17.9. The van der Waals surface area contributed by atoms with Crippen LogP contribution in [0.15, 0.2) is 134 Å². The number of aromatic nitrogens is 4. The zero-order chi connectivity index (χ0) is 48.1. The van der Waals surface area contributed by atoms with Crippen LogP contribution in [0.5, 0.6) is 0 Å². The van der Waals surface area contributed by atoms with Crippen LogP contribution in [0.3, 0.4) is 0 Å². The summed E-state index contributed by atoms with van der Waals surface area (Å²) in [6.45, 7) is 2.18. The van der Waals surface area contributed by atoms with E-state index >= 15 is 0 Å². The second kappa shape index (κ2) is 19.8. The first-order valence-corrected chi connectivity index (χ1v) is 21.1. The number of carboxylic acids is 1. The molecule has 0 unspecified atom stereocenters. The molecule has 0 aliphatic carbocycles. The molecule has 0 aliphatic rings. The summed E-state index contributed by atoms with van der Waals surface area (Å²) in [5, 5.41) is 18.3. The third-order valence-electron chi connectivity index (χ3n) is 10.7. The molecule has 0 spiro atoms. The molecular formula is C49H40Cl2N8O8. The van der Waals surface area contributed by atoms with Gasteiger partial charge in [0.05, 0.1) is 51.2 Å². The zero-order valence-electron chi connectivity index (χ0n) is 36.0. The van der Waals surface area contributed by atoms with Gasteiger partial charge < -0.3 is 31.1 Å². The Morgan fingerprint density at radius 2 is 1.01 bits per heavy atom. The minimum absolute atomic E-state index is 0.0863. The van der Waals surface area contributed by atoms with Crippen molar-refractivity contribution in [1.29, 1.82) is 0 Å². The number of esters is 1. The quantitative estimate of drug-likeness (QED) is 0.0993. The Bertz CT molecular complexity index is 3240. The number of fused-ring (bicyclic) bond motifs is 2. The lowest BCUT2D eigenvalue weighted by Gasteiger charge is -2.19. The van der Waals surface area contributed by atoms with E-state index in [1.165, 1.54) is 21.9 Å². The fraction of sp³-hybridized carbons (Fsp3) is 0.102. The Balaban J connectivity index is 0.000000200. The summed E-state index contributed by atoms with van der Waals surface area (Å²) in [6, 6.07) is 29.5. The highest BCUT2D eigenvalue weighted by Gasteiger charge is 2.21. The number of carboxylic acid groups (broad SMARTS) is 1. The minimum atomic E-state index is -1.18. The Morgan fingerprint density at radius 1 is 0.597 bits per heavy atom. The first-order valence-electron chi connectivity index (χ1n) is 20.4. The van der Waals surface area contributed by atoms with Gasteiger partial charge in [0, 0.05) is 71.2 Å². The molecule has 0 saturated heterocycles. The van der Waals surface area contributed by atoms with Gasteiger partial charge >= 0.3 is 11.9 Å². The van der Waals surface area contributed by atoms with Gasteiger partial charge in [-0.25, -0.2) is 18.6 Å². The Hall–Kier alpha value is -8.34. The van der Waals surface area contributed by atoms with E-state index in [0.717, 1.165) is 27.8 Å². The van der Waals surface area contributed by atoms with E-state index in [1.807, 2.05) is 6.92 Å². The molecule has 338 valence electrons. The highest BCUT2D eigenvalue weighted by Crippen LogP contribution is 2.30. The van der Waals surface area contributed by atoms with Crippen LogP contribution in [-0.4, -0.2) is 80.6 Å². The number of amides is 4. The van der Waals surface area contributed by atoms with Gasteiger partial charge in [0.1, 0.15) is 0 Å². The number of pyridine rings is 2. The lowest BCUT2D eigenvalue weighted by molar-refractivity contribution is 0.0504. The zero-order valence-corrected chi connectivity index (χ0v) is 37.5.